The van der Waals surface area contributed by atoms with Gasteiger partial charge in [0.15, 0.2) is 11.5 Å². The van der Waals surface area contributed by atoms with Crippen LogP contribution in [-0.4, -0.2) is 78.3 Å². The minimum Gasteiger partial charge on any atom is -0.493 e. The summed E-state index contributed by atoms with van der Waals surface area (Å²) in [5.41, 5.74) is 0.899. The Morgan fingerprint density at radius 1 is 1.00 bits per heavy atom. The van der Waals surface area contributed by atoms with Gasteiger partial charge in [0.05, 0.1) is 23.3 Å². The number of carbonyl (C=O) groups excluding carboxylic acids is 3. The smallest absolute Gasteiger partial charge is 0.247 e. The molecule has 0 radical (unpaired) electrons. The molecule has 10 heteroatoms. The van der Waals surface area contributed by atoms with Crippen LogP contribution in [0.2, 0.25) is 0 Å². The van der Waals surface area contributed by atoms with Gasteiger partial charge in [-0.25, -0.2) is 0 Å². The van der Waals surface area contributed by atoms with Gasteiger partial charge in [0.2, 0.25) is 11.8 Å². The predicted octanol–water partition coefficient (Wildman–Crippen LogP) is 6.99. The van der Waals surface area contributed by atoms with Crippen molar-refractivity contribution in [2.45, 2.75) is 134 Å². The Morgan fingerprint density at radius 2 is 1.62 bits per heavy atom. The lowest BCUT2D eigenvalue weighted by Crippen LogP contribution is -2.59. The summed E-state index contributed by atoms with van der Waals surface area (Å²) in [4.78, 5) is 41.4. The fourth-order valence-corrected chi connectivity index (χ4v) is 10.6. The third kappa shape index (κ3) is 9.82. The van der Waals surface area contributed by atoms with E-state index in [-0.39, 0.29) is 36.8 Å². The molecule has 50 heavy (non-hydrogen) atoms. The topological polar surface area (TPSA) is 125 Å². The van der Waals surface area contributed by atoms with Crippen molar-refractivity contribution in [2.24, 2.45) is 23.2 Å². The van der Waals surface area contributed by atoms with Gasteiger partial charge in [0, 0.05) is 37.1 Å². The molecule has 0 saturated heterocycles. The molecule has 2 amide bonds. The van der Waals surface area contributed by atoms with Gasteiger partial charge in [0.1, 0.15) is 18.5 Å². The van der Waals surface area contributed by atoms with E-state index < -0.39 is 18.2 Å². The van der Waals surface area contributed by atoms with E-state index in [9.17, 15) is 24.6 Å². The Labute approximate surface area is 312 Å². The van der Waals surface area contributed by atoms with Crippen molar-refractivity contribution in [2.75, 3.05) is 26.8 Å². The van der Waals surface area contributed by atoms with E-state index in [0.717, 1.165) is 44.8 Å². The van der Waals surface area contributed by atoms with Gasteiger partial charge in [-0.15, -0.1) is 0 Å². The molecule has 4 saturated carbocycles. The number of nitrogens with one attached hydrogen (secondary N) is 1. The van der Waals surface area contributed by atoms with Gasteiger partial charge in [-0.1, -0.05) is 58.3 Å². The Bertz CT molecular complexity index is 1310. The maximum absolute atomic E-state index is 14.4. The van der Waals surface area contributed by atoms with Gasteiger partial charge in [-0.2, -0.15) is 0 Å². The van der Waals surface area contributed by atoms with E-state index in [1.807, 2.05) is 4.90 Å². The predicted molar refractivity (Wildman–Crippen MR) is 202 cm³/mol. The Balaban J connectivity index is 1.39. The fraction of sp³-hybridized carbons (Fsp3) is 0.725. The zero-order chi connectivity index (χ0) is 35.7. The fourth-order valence-electron chi connectivity index (χ4n) is 9.80. The number of ether oxygens (including phenoxy) is 2. The second-order valence-electron chi connectivity index (χ2n) is 15.7. The van der Waals surface area contributed by atoms with E-state index >= 15 is 0 Å². The normalized spacial score (nSPS) is 28.2. The second kappa shape index (κ2) is 18.5. The largest absolute Gasteiger partial charge is 0.493 e. The minimum absolute atomic E-state index is 0.0443. The molecule has 5 aliphatic carbocycles. The van der Waals surface area contributed by atoms with Crippen LogP contribution in [0, 0.1) is 26.7 Å². The van der Waals surface area contributed by atoms with Crippen molar-refractivity contribution >= 4 is 40.7 Å². The highest BCUT2D eigenvalue weighted by molar-refractivity contribution is 14.1. The molecule has 0 spiro atoms. The Hall–Kier alpha value is -2.18. The highest BCUT2D eigenvalue weighted by Gasteiger charge is 2.53. The van der Waals surface area contributed by atoms with Gasteiger partial charge < -0.3 is 29.9 Å². The molecule has 278 valence electrons. The van der Waals surface area contributed by atoms with E-state index in [1.54, 1.807) is 18.2 Å². The zero-order valence-electron chi connectivity index (χ0n) is 30.2. The number of halogens is 1. The van der Waals surface area contributed by atoms with Gasteiger partial charge in [0.25, 0.3) is 0 Å². The monoisotopic (exact) mass is 806 g/mol. The van der Waals surface area contributed by atoms with Crippen LogP contribution in [0.4, 0.5) is 0 Å². The van der Waals surface area contributed by atoms with Crippen molar-refractivity contribution in [3.63, 3.8) is 0 Å². The highest BCUT2D eigenvalue weighted by atomic mass is 127. The van der Waals surface area contributed by atoms with Crippen LogP contribution < -0.4 is 14.8 Å². The van der Waals surface area contributed by atoms with Crippen molar-refractivity contribution in [3.8, 4) is 11.5 Å². The number of unbranched alkanes of at least 4 members (excludes halogenated alkanes) is 8. The number of aliphatic hydroxyl groups excluding tert-OH is 2. The summed E-state index contributed by atoms with van der Waals surface area (Å²) in [6, 6.07) is 2.62. The van der Waals surface area contributed by atoms with Crippen LogP contribution in [-0.2, 0) is 9.59 Å². The SMILES string of the molecule is CCCCCCCCCCCC(=O)N(CC12CC3CC(CC(C3)C1)C2)C1CC(C(=O)NCCO)=CC(Oc2c(I)cc(C=O)cc2OC)C1O. The first-order chi connectivity index (χ1) is 24.2. The maximum atomic E-state index is 14.4. The summed E-state index contributed by atoms with van der Waals surface area (Å²) >= 11 is 2.08. The van der Waals surface area contributed by atoms with Crippen molar-refractivity contribution in [1.82, 2.24) is 10.2 Å². The average Bonchev–Trinajstić information content (AvgIpc) is 3.09. The Morgan fingerprint density at radius 3 is 2.20 bits per heavy atom. The molecule has 5 aliphatic rings. The number of carbonyl (C=O) groups is 3. The molecular formula is C40H59IN2O7. The molecule has 3 atom stereocenters. The van der Waals surface area contributed by atoms with Crippen LogP contribution in [0.25, 0.3) is 0 Å². The number of methoxy groups -OCH3 is 1. The molecule has 4 fully saturated rings. The summed E-state index contributed by atoms with van der Waals surface area (Å²) in [6.07, 6.45) is 18.7. The number of hydrogen-bond acceptors (Lipinski definition) is 7. The van der Waals surface area contributed by atoms with E-state index in [1.165, 1.54) is 64.9 Å². The summed E-state index contributed by atoms with van der Waals surface area (Å²) < 4.78 is 12.7. The van der Waals surface area contributed by atoms with Crippen LogP contribution in [0.5, 0.6) is 11.5 Å². The number of hydrogen-bond donors (Lipinski definition) is 3. The number of benzene rings is 1. The molecule has 4 bridgehead atoms. The van der Waals surface area contributed by atoms with E-state index in [2.05, 4.69) is 34.8 Å². The third-order valence-electron chi connectivity index (χ3n) is 11.7. The van der Waals surface area contributed by atoms with Gasteiger partial charge in [-0.05, 0) is 109 Å². The first-order valence-corrected chi connectivity index (χ1v) is 20.3. The average molecular weight is 807 g/mol. The summed E-state index contributed by atoms with van der Waals surface area (Å²) in [5.74, 6) is 2.56. The van der Waals surface area contributed by atoms with Crippen molar-refractivity contribution in [1.29, 1.82) is 0 Å². The second-order valence-corrected chi connectivity index (χ2v) is 16.8. The number of aldehydes is 1. The molecule has 3 N–H and O–H groups in total. The molecule has 1 aromatic rings. The third-order valence-corrected chi connectivity index (χ3v) is 12.5. The van der Waals surface area contributed by atoms with Gasteiger partial charge >= 0.3 is 0 Å². The molecule has 0 aliphatic heterocycles. The summed E-state index contributed by atoms with van der Waals surface area (Å²) in [5, 5.41) is 24.4. The number of nitrogens with zero attached hydrogens (tertiary/aromatic N) is 1. The first kappa shape index (κ1) is 39.0. The molecular weight excluding hydrogens is 747 g/mol. The van der Waals surface area contributed by atoms with Gasteiger partial charge in [-0.3, -0.25) is 14.4 Å². The van der Waals surface area contributed by atoms with Crippen LogP contribution in [0.15, 0.2) is 23.8 Å². The van der Waals surface area contributed by atoms with Crippen molar-refractivity contribution in [3.05, 3.63) is 32.9 Å². The number of aliphatic hydroxyl groups is 2. The van der Waals surface area contributed by atoms with Crippen LogP contribution >= 0.6 is 22.6 Å². The summed E-state index contributed by atoms with van der Waals surface area (Å²) in [6.45, 7) is 2.74. The van der Waals surface area contributed by atoms with E-state index in [0.29, 0.717) is 56.9 Å². The number of rotatable bonds is 20. The first-order valence-electron chi connectivity index (χ1n) is 19.3. The quantitative estimate of drug-likeness (QED) is 0.0737. The molecule has 1 aromatic carbocycles. The van der Waals surface area contributed by atoms with Crippen molar-refractivity contribution < 1.29 is 34.1 Å². The molecule has 0 heterocycles. The highest BCUT2D eigenvalue weighted by Crippen LogP contribution is 2.60. The molecule has 6 rings (SSSR count). The lowest BCUT2D eigenvalue weighted by molar-refractivity contribution is -0.147. The van der Waals surface area contributed by atoms with Crippen LogP contribution in [0.3, 0.4) is 0 Å². The lowest BCUT2D eigenvalue weighted by Gasteiger charge is -2.58. The number of amides is 2. The standard InChI is InChI=1S/C40H59IN2O7/c1-3-4-5-6-7-8-9-10-11-12-36(46)43(26-40-22-27-15-28(23-40)17-29(16-27)24-40)33-20-31(39(48)42-13-14-44)21-34(37(33)47)50-38-32(41)18-30(25-45)19-35(38)49-2/h18-19,21,25,27-29,33-34,37,44,47H,3-17,20,22-24,26H2,1-2H3,(H,42,48). The maximum Gasteiger partial charge on any atom is 0.247 e. The van der Waals surface area contributed by atoms with Crippen LogP contribution in [0.1, 0.15) is 126 Å². The Kier molecular flexibility index (Phi) is 14.5. The molecule has 9 nitrogen and oxygen atoms in total. The lowest BCUT2D eigenvalue weighted by atomic mass is 9.49. The molecule has 3 unspecified atom stereocenters. The summed E-state index contributed by atoms with van der Waals surface area (Å²) in [7, 11) is 1.49. The van der Waals surface area contributed by atoms with E-state index in [4.69, 9.17) is 9.47 Å². The zero-order valence-corrected chi connectivity index (χ0v) is 32.3. The molecule has 0 aromatic heterocycles. The minimum atomic E-state index is -1.10.